The Morgan fingerprint density at radius 2 is 2.08 bits per heavy atom. The number of rotatable bonds is 4. The summed E-state index contributed by atoms with van der Waals surface area (Å²) in [4.78, 5) is 0. The maximum atomic E-state index is 12.3. The zero-order valence-electron chi connectivity index (χ0n) is 7.64. The largest absolute Gasteiger partial charge is 0.270 e. The van der Waals surface area contributed by atoms with Crippen molar-refractivity contribution in [3.63, 3.8) is 0 Å². The molecule has 0 amide bonds. The van der Waals surface area contributed by atoms with E-state index in [-0.39, 0.29) is 5.92 Å². The maximum Gasteiger partial charge on any atom is 0.238 e. The van der Waals surface area contributed by atoms with Crippen molar-refractivity contribution in [2.24, 2.45) is 11.0 Å². The van der Waals surface area contributed by atoms with Gasteiger partial charge in [0, 0.05) is 12.7 Å². The van der Waals surface area contributed by atoms with Crippen molar-refractivity contribution in [3.05, 3.63) is 12.3 Å². The van der Waals surface area contributed by atoms with Crippen LogP contribution in [0.2, 0.25) is 0 Å². The summed E-state index contributed by atoms with van der Waals surface area (Å²) in [5.41, 5.74) is 0.651. The monoisotopic (exact) mass is 176 g/mol. The van der Waals surface area contributed by atoms with E-state index in [9.17, 15) is 8.78 Å². The number of hydrogen-bond donors (Lipinski definition) is 0. The Morgan fingerprint density at radius 1 is 1.58 bits per heavy atom. The smallest absolute Gasteiger partial charge is 0.238 e. The van der Waals surface area contributed by atoms with Crippen LogP contribution >= 0.6 is 0 Å². The minimum Gasteiger partial charge on any atom is -0.270 e. The molecule has 0 fully saturated rings. The van der Waals surface area contributed by atoms with Crippen LogP contribution < -0.4 is 0 Å². The van der Waals surface area contributed by atoms with Crippen LogP contribution in [0.3, 0.4) is 0 Å². The molecule has 0 rings (SSSR count). The van der Waals surface area contributed by atoms with E-state index >= 15 is 0 Å². The second-order valence-corrected chi connectivity index (χ2v) is 2.78. The minimum absolute atomic E-state index is 0.172. The molecule has 70 valence electrons. The van der Waals surface area contributed by atoms with Gasteiger partial charge in [-0.15, -0.1) is 5.10 Å². The quantitative estimate of drug-likeness (QED) is 0.474. The van der Waals surface area contributed by atoms with E-state index in [0.29, 0.717) is 5.70 Å². The summed E-state index contributed by atoms with van der Waals surface area (Å²) in [6.07, 6.45) is 0. The van der Waals surface area contributed by atoms with Crippen molar-refractivity contribution < 1.29 is 8.78 Å². The van der Waals surface area contributed by atoms with Crippen molar-refractivity contribution in [1.29, 1.82) is 0 Å². The Bertz CT molecular complexity index is 187. The zero-order chi connectivity index (χ0) is 9.72. The molecule has 0 aliphatic carbocycles. The lowest BCUT2D eigenvalue weighted by atomic mass is 10.1. The molecular formula is C8H14F2N2. The summed E-state index contributed by atoms with van der Waals surface area (Å²) < 4.78 is 23.9. The highest BCUT2D eigenvalue weighted by molar-refractivity contribution is 5.75. The van der Waals surface area contributed by atoms with Crippen LogP contribution in [-0.4, -0.2) is 24.7 Å². The average Bonchev–Trinajstić information content (AvgIpc) is 2.02. The fourth-order valence-electron chi connectivity index (χ4n) is 0.627. The number of hydrazone groups is 1. The SMILES string of the molecule is C=C(C(C)C)N(C)/N=C(/F)CF. The fourth-order valence-corrected chi connectivity index (χ4v) is 0.627. The van der Waals surface area contributed by atoms with Crippen LogP contribution in [0.15, 0.2) is 17.4 Å². The van der Waals surface area contributed by atoms with Gasteiger partial charge in [-0.2, -0.15) is 4.39 Å². The van der Waals surface area contributed by atoms with Gasteiger partial charge in [0.25, 0.3) is 0 Å². The summed E-state index contributed by atoms with van der Waals surface area (Å²) in [5.74, 6) is -0.856. The van der Waals surface area contributed by atoms with Crippen LogP contribution in [0.4, 0.5) is 8.78 Å². The molecule has 0 aliphatic heterocycles. The van der Waals surface area contributed by atoms with Crippen LogP contribution in [0.1, 0.15) is 13.8 Å². The van der Waals surface area contributed by atoms with Gasteiger partial charge >= 0.3 is 0 Å². The Morgan fingerprint density at radius 3 is 2.42 bits per heavy atom. The Kier molecular flexibility index (Phi) is 4.47. The third kappa shape index (κ3) is 3.46. The summed E-state index contributed by atoms with van der Waals surface area (Å²) in [5, 5.41) is 4.57. The van der Waals surface area contributed by atoms with E-state index in [2.05, 4.69) is 11.7 Å². The van der Waals surface area contributed by atoms with Gasteiger partial charge in [-0.05, 0) is 5.92 Å². The Labute approximate surface area is 71.6 Å². The van der Waals surface area contributed by atoms with Crippen molar-refractivity contribution >= 4 is 5.97 Å². The van der Waals surface area contributed by atoms with Crippen molar-refractivity contribution in [2.45, 2.75) is 13.8 Å². The second kappa shape index (κ2) is 4.85. The van der Waals surface area contributed by atoms with Gasteiger partial charge in [-0.25, -0.2) is 4.39 Å². The molecule has 2 nitrogen and oxygen atoms in total. The van der Waals surface area contributed by atoms with Gasteiger partial charge < -0.3 is 0 Å². The predicted molar refractivity (Wildman–Crippen MR) is 46.3 cm³/mol. The molecule has 0 aromatic rings. The van der Waals surface area contributed by atoms with Gasteiger partial charge in [0.15, 0.2) is 6.67 Å². The zero-order valence-corrected chi connectivity index (χ0v) is 7.64. The number of alkyl halides is 1. The molecule has 0 saturated carbocycles. The van der Waals surface area contributed by atoms with Crippen LogP contribution in [-0.2, 0) is 0 Å². The van der Waals surface area contributed by atoms with Gasteiger partial charge in [0.2, 0.25) is 5.97 Å². The maximum absolute atomic E-state index is 12.3. The summed E-state index contributed by atoms with van der Waals surface area (Å²) in [6, 6.07) is 0. The highest BCUT2D eigenvalue weighted by atomic mass is 19.2. The molecular weight excluding hydrogens is 162 g/mol. The van der Waals surface area contributed by atoms with E-state index in [1.807, 2.05) is 13.8 Å². The first kappa shape index (κ1) is 11.1. The topological polar surface area (TPSA) is 15.6 Å². The molecule has 12 heavy (non-hydrogen) atoms. The lowest BCUT2D eigenvalue weighted by molar-refractivity contribution is 0.384. The van der Waals surface area contributed by atoms with Gasteiger partial charge in [-0.1, -0.05) is 20.4 Å². The Balaban J connectivity index is 4.21. The normalized spacial score (nSPS) is 12.0. The third-order valence-corrected chi connectivity index (χ3v) is 1.45. The molecule has 0 aliphatic rings. The first-order valence-corrected chi connectivity index (χ1v) is 3.70. The Hall–Kier alpha value is -0.930. The lowest BCUT2D eigenvalue weighted by Gasteiger charge is -2.18. The van der Waals surface area contributed by atoms with Gasteiger partial charge in [0.1, 0.15) is 0 Å². The average molecular weight is 176 g/mol. The van der Waals surface area contributed by atoms with E-state index in [0.717, 1.165) is 0 Å². The highest BCUT2D eigenvalue weighted by Gasteiger charge is 2.06. The number of halogens is 2. The summed E-state index contributed by atoms with van der Waals surface area (Å²) in [7, 11) is 1.54. The standard InChI is InChI=1S/C8H14F2N2/c1-6(2)7(3)12(4)11-8(10)5-9/h6H,3,5H2,1-2,4H3/b11-8+. The molecule has 4 heteroatoms. The summed E-state index contributed by atoms with van der Waals surface area (Å²) in [6.45, 7) is 6.31. The second-order valence-electron chi connectivity index (χ2n) is 2.78. The molecule has 0 heterocycles. The lowest BCUT2D eigenvalue weighted by Crippen LogP contribution is -2.16. The number of allylic oxidation sites excluding steroid dienone is 1. The molecule has 0 N–H and O–H groups in total. The first-order chi connectivity index (χ1) is 5.49. The van der Waals surface area contributed by atoms with Crippen molar-refractivity contribution in [1.82, 2.24) is 5.01 Å². The fraction of sp³-hybridized carbons (Fsp3) is 0.625. The van der Waals surface area contributed by atoms with Gasteiger partial charge in [0.05, 0.1) is 0 Å². The molecule has 0 spiro atoms. The molecule has 0 unspecified atom stereocenters. The molecule has 0 bridgehead atoms. The van der Waals surface area contributed by atoms with E-state index in [4.69, 9.17) is 0 Å². The highest BCUT2D eigenvalue weighted by Crippen LogP contribution is 2.11. The minimum atomic E-state index is -1.17. The van der Waals surface area contributed by atoms with Crippen LogP contribution in [0.5, 0.6) is 0 Å². The van der Waals surface area contributed by atoms with Crippen molar-refractivity contribution in [3.8, 4) is 0 Å². The molecule has 0 saturated heterocycles. The van der Waals surface area contributed by atoms with E-state index < -0.39 is 12.6 Å². The molecule has 0 atom stereocenters. The first-order valence-electron chi connectivity index (χ1n) is 3.70. The van der Waals surface area contributed by atoms with Gasteiger partial charge in [-0.3, -0.25) is 5.01 Å². The molecule has 0 radical (unpaired) electrons. The van der Waals surface area contributed by atoms with E-state index in [1.54, 1.807) is 0 Å². The van der Waals surface area contributed by atoms with Crippen molar-refractivity contribution in [2.75, 3.05) is 13.7 Å². The summed E-state index contributed by atoms with van der Waals surface area (Å²) >= 11 is 0. The number of hydrogen-bond acceptors (Lipinski definition) is 2. The molecule has 0 aromatic carbocycles. The third-order valence-electron chi connectivity index (χ3n) is 1.45. The molecule has 0 aromatic heterocycles. The predicted octanol–water partition coefficient (Wildman–Crippen LogP) is 2.34. The van der Waals surface area contributed by atoms with Crippen LogP contribution in [0.25, 0.3) is 0 Å². The van der Waals surface area contributed by atoms with Crippen LogP contribution in [0, 0.1) is 5.92 Å². The van der Waals surface area contributed by atoms with E-state index in [1.165, 1.54) is 12.1 Å². The number of nitrogens with zero attached hydrogens (tertiary/aromatic N) is 2.